The van der Waals surface area contributed by atoms with Gasteiger partial charge < -0.3 is 19.3 Å². The van der Waals surface area contributed by atoms with E-state index in [1.54, 1.807) is 25.3 Å². The van der Waals surface area contributed by atoms with E-state index < -0.39 is 0 Å². The van der Waals surface area contributed by atoms with Crippen LogP contribution < -0.4 is 9.47 Å². The normalized spacial score (nSPS) is 16.7. The third-order valence-corrected chi connectivity index (χ3v) is 6.60. The van der Waals surface area contributed by atoms with Crippen molar-refractivity contribution in [1.82, 2.24) is 14.7 Å². The lowest BCUT2D eigenvalue weighted by Gasteiger charge is -2.35. The van der Waals surface area contributed by atoms with Crippen LogP contribution in [0.4, 0.5) is 0 Å². The molecule has 4 rings (SSSR count). The molecule has 2 fully saturated rings. The van der Waals surface area contributed by atoms with Gasteiger partial charge in [0.25, 0.3) is 5.91 Å². The summed E-state index contributed by atoms with van der Waals surface area (Å²) in [6, 6.07) is 12.7. The Morgan fingerprint density at radius 3 is 2.33 bits per heavy atom. The van der Waals surface area contributed by atoms with Crippen LogP contribution in [0.25, 0.3) is 0 Å². The highest BCUT2D eigenvalue weighted by molar-refractivity contribution is 6.31. The molecule has 33 heavy (non-hydrogen) atoms. The summed E-state index contributed by atoms with van der Waals surface area (Å²) in [7, 11) is 1.56. The highest BCUT2D eigenvalue weighted by atomic mass is 35.5. The Morgan fingerprint density at radius 1 is 0.909 bits per heavy atom. The van der Waals surface area contributed by atoms with Crippen molar-refractivity contribution >= 4 is 23.4 Å². The molecular weight excluding hydrogens is 442 g/mol. The van der Waals surface area contributed by atoms with E-state index in [0.29, 0.717) is 61.4 Å². The first-order chi connectivity index (χ1) is 16.0. The van der Waals surface area contributed by atoms with Gasteiger partial charge in [-0.05, 0) is 37.1 Å². The molecule has 0 N–H and O–H groups in total. The second-order valence-electron chi connectivity index (χ2n) is 8.40. The summed E-state index contributed by atoms with van der Waals surface area (Å²) in [5, 5.41) is 0.643. The zero-order valence-electron chi connectivity index (χ0n) is 19.0. The number of ether oxygens (including phenoxy) is 2. The standard InChI is InChI=1S/C25H30ClN3O4/c1-32-23-16-19(8-9-22(23)33-18-20-6-2-3-7-21(20)26)25(31)29-14-12-27(13-15-29)17-24(30)28-10-4-5-11-28/h2-3,6-9,16H,4-5,10-15,17-18H2,1H3. The molecule has 0 bridgehead atoms. The lowest BCUT2D eigenvalue weighted by Crippen LogP contribution is -2.51. The van der Waals surface area contributed by atoms with E-state index in [1.165, 1.54) is 0 Å². The van der Waals surface area contributed by atoms with E-state index >= 15 is 0 Å². The highest BCUT2D eigenvalue weighted by Gasteiger charge is 2.26. The molecule has 2 aliphatic rings. The van der Waals surface area contributed by atoms with Crippen molar-refractivity contribution < 1.29 is 19.1 Å². The van der Waals surface area contributed by atoms with Gasteiger partial charge in [0.15, 0.2) is 11.5 Å². The van der Waals surface area contributed by atoms with E-state index in [9.17, 15) is 9.59 Å². The van der Waals surface area contributed by atoms with Crippen LogP contribution in [0.3, 0.4) is 0 Å². The first-order valence-corrected chi connectivity index (χ1v) is 11.8. The minimum Gasteiger partial charge on any atom is -0.493 e. The molecule has 0 unspecified atom stereocenters. The van der Waals surface area contributed by atoms with Crippen LogP contribution in [-0.2, 0) is 11.4 Å². The molecule has 2 saturated heterocycles. The average Bonchev–Trinajstić information content (AvgIpc) is 3.39. The molecule has 0 radical (unpaired) electrons. The second-order valence-corrected chi connectivity index (χ2v) is 8.81. The predicted molar refractivity (Wildman–Crippen MR) is 127 cm³/mol. The molecule has 2 aliphatic heterocycles. The van der Waals surface area contributed by atoms with Crippen molar-refractivity contribution in [3.63, 3.8) is 0 Å². The van der Waals surface area contributed by atoms with E-state index in [2.05, 4.69) is 4.90 Å². The summed E-state index contributed by atoms with van der Waals surface area (Å²) in [4.78, 5) is 31.4. The summed E-state index contributed by atoms with van der Waals surface area (Å²) in [5.74, 6) is 1.21. The number of carbonyl (C=O) groups is 2. The molecule has 0 aliphatic carbocycles. The van der Waals surface area contributed by atoms with Gasteiger partial charge >= 0.3 is 0 Å². The van der Waals surface area contributed by atoms with Gasteiger partial charge in [-0.1, -0.05) is 29.8 Å². The van der Waals surface area contributed by atoms with Crippen LogP contribution in [0, 0.1) is 0 Å². The van der Waals surface area contributed by atoms with E-state index in [0.717, 1.165) is 31.5 Å². The number of benzene rings is 2. The lowest BCUT2D eigenvalue weighted by atomic mass is 10.1. The largest absolute Gasteiger partial charge is 0.493 e. The number of piperazine rings is 1. The Labute approximate surface area is 199 Å². The lowest BCUT2D eigenvalue weighted by molar-refractivity contribution is -0.131. The van der Waals surface area contributed by atoms with Crippen LogP contribution in [0.5, 0.6) is 11.5 Å². The molecule has 2 heterocycles. The smallest absolute Gasteiger partial charge is 0.254 e. The Balaban J connectivity index is 1.32. The molecule has 7 nitrogen and oxygen atoms in total. The van der Waals surface area contributed by atoms with Gasteiger partial charge in [-0.2, -0.15) is 0 Å². The SMILES string of the molecule is COc1cc(C(=O)N2CCN(CC(=O)N3CCCC3)CC2)ccc1OCc1ccccc1Cl. The second kappa shape index (κ2) is 10.9. The Bertz CT molecular complexity index is 985. The number of likely N-dealkylation sites (tertiary alicyclic amines) is 1. The highest BCUT2D eigenvalue weighted by Crippen LogP contribution is 2.30. The molecule has 2 aromatic rings. The van der Waals surface area contributed by atoms with Gasteiger partial charge in [0, 0.05) is 55.4 Å². The van der Waals surface area contributed by atoms with Gasteiger partial charge in [0.1, 0.15) is 6.61 Å². The number of rotatable bonds is 7. The van der Waals surface area contributed by atoms with E-state index in [4.69, 9.17) is 21.1 Å². The van der Waals surface area contributed by atoms with Crippen molar-refractivity contribution in [3.05, 3.63) is 58.6 Å². The molecule has 0 atom stereocenters. The third-order valence-electron chi connectivity index (χ3n) is 6.23. The molecule has 2 aromatic carbocycles. The zero-order valence-corrected chi connectivity index (χ0v) is 19.7. The fourth-order valence-corrected chi connectivity index (χ4v) is 4.43. The van der Waals surface area contributed by atoms with Crippen LogP contribution in [-0.4, -0.2) is 79.4 Å². The first-order valence-electron chi connectivity index (χ1n) is 11.4. The molecule has 8 heteroatoms. The van der Waals surface area contributed by atoms with Crippen LogP contribution in [0.2, 0.25) is 5.02 Å². The molecule has 176 valence electrons. The fourth-order valence-electron chi connectivity index (χ4n) is 4.24. The van der Waals surface area contributed by atoms with E-state index in [-0.39, 0.29) is 11.8 Å². The fraction of sp³-hybridized carbons (Fsp3) is 0.440. The summed E-state index contributed by atoms with van der Waals surface area (Å²) in [5.41, 5.74) is 1.43. The van der Waals surface area contributed by atoms with Gasteiger partial charge in [-0.3, -0.25) is 14.5 Å². The topological polar surface area (TPSA) is 62.3 Å². The number of halogens is 1. The maximum atomic E-state index is 13.1. The molecule has 0 spiro atoms. The van der Waals surface area contributed by atoms with Crippen LogP contribution in [0.1, 0.15) is 28.8 Å². The minimum absolute atomic E-state index is 0.0449. The monoisotopic (exact) mass is 471 g/mol. The Hall–Kier alpha value is -2.77. The summed E-state index contributed by atoms with van der Waals surface area (Å²) in [6.45, 7) is 5.07. The van der Waals surface area contributed by atoms with Crippen molar-refractivity contribution in [1.29, 1.82) is 0 Å². The van der Waals surface area contributed by atoms with Crippen molar-refractivity contribution in [2.75, 3.05) is 52.9 Å². The predicted octanol–water partition coefficient (Wildman–Crippen LogP) is 3.31. The number of amides is 2. The summed E-state index contributed by atoms with van der Waals surface area (Å²) >= 11 is 6.20. The van der Waals surface area contributed by atoms with Crippen molar-refractivity contribution in [3.8, 4) is 11.5 Å². The maximum Gasteiger partial charge on any atom is 0.254 e. The first kappa shape index (κ1) is 23.4. The van der Waals surface area contributed by atoms with Crippen molar-refractivity contribution in [2.24, 2.45) is 0 Å². The van der Waals surface area contributed by atoms with Gasteiger partial charge in [0.2, 0.25) is 5.91 Å². The minimum atomic E-state index is -0.0449. The number of nitrogens with zero attached hydrogens (tertiary/aromatic N) is 3. The Morgan fingerprint density at radius 2 is 1.64 bits per heavy atom. The molecular formula is C25H30ClN3O4. The Kier molecular flexibility index (Phi) is 7.73. The van der Waals surface area contributed by atoms with Crippen LogP contribution in [0.15, 0.2) is 42.5 Å². The number of hydrogen-bond acceptors (Lipinski definition) is 5. The zero-order chi connectivity index (χ0) is 23.2. The van der Waals surface area contributed by atoms with E-state index in [1.807, 2.05) is 34.1 Å². The number of methoxy groups -OCH3 is 1. The number of hydrogen-bond donors (Lipinski definition) is 0. The summed E-state index contributed by atoms with van der Waals surface area (Å²) < 4.78 is 11.4. The average molecular weight is 472 g/mol. The van der Waals surface area contributed by atoms with Gasteiger partial charge in [0.05, 0.1) is 13.7 Å². The van der Waals surface area contributed by atoms with Crippen molar-refractivity contribution in [2.45, 2.75) is 19.4 Å². The van der Waals surface area contributed by atoms with Crippen LogP contribution >= 0.6 is 11.6 Å². The quantitative estimate of drug-likeness (QED) is 0.620. The molecule has 0 aromatic heterocycles. The number of carbonyl (C=O) groups excluding carboxylic acids is 2. The molecule has 2 amide bonds. The summed E-state index contributed by atoms with van der Waals surface area (Å²) in [6.07, 6.45) is 2.20. The maximum absolute atomic E-state index is 13.1. The van der Waals surface area contributed by atoms with Gasteiger partial charge in [-0.25, -0.2) is 0 Å². The molecule has 0 saturated carbocycles. The van der Waals surface area contributed by atoms with Gasteiger partial charge in [-0.15, -0.1) is 0 Å². The third kappa shape index (κ3) is 5.78.